The average Bonchev–Trinajstić information content (AvgIpc) is 2.27. The monoisotopic (exact) mass is 274 g/mol. The van der Waals surface area contributed by atoms with Crippen molar-refractivity contribution in [2.75, 3.05) is 7.11 Å². The molecule has 0 saturated heterocycles. The first kappa shape index (κ1) is 13.5. The van der Waals surface area contributed by atoms with Crippen molar-refractivity contribution in [1.29, 1.82) is 0 Å². The molecule has 1 rings (SSSR count). The molecule has 6 heteroatoms. The maximum Gasteiger partial charge on any atom is 0.373 e. The Hall–Kier alpha value is -1.52. The Kier molecular flexibility index (Phi) is 4.54. The molecule has 4 nitrogen and oxygen atoms in total. The predicted molar refractivity (Wildman–Crippen MR) is 63.5 cm³/mol. The van der Waals surface area contributed by atoms with Crippen molar-refractivity contribution in [2.24, 2.45) is 0 Å². The van der Waals surface area contributed by atoms with E-state index in [9.17, 15) is 14.7 Å². The molecule has 0 aliphatic rings. The molecule has 0 saturated carbocycles. The van der Waals surface area contributed by atoms with Crippen molar-refractivity contribution in [2.45, 2.75) is 0 Å². The Labute approximate surface area is 107 Å². The first-order valence-electron chi connectivity index (χ1n) is 4.44. The minimum Gasteiger partial charge on any atom is -0.502 e. The number of carbonyl (C=O) groups excluding carboxylic acids is 2. The van der Waals surface area contributed by atoms with Crippen LogP contribution in [0.25, 0.3) is 0 Å². The fourth-order valence-corrected chi connectivity index (χ4v) is 1.56. The lowest BCUT2D eigenvalue weighted by Crippen LogP contribution is -2.07. The van der Waals surface area contributed by atoms with Crippen LogP contribution in [0, 0.1) is 0 Å². The highest BCUT2D eigenvalue weighted by atomic mass is 35.5. The summed E-state index contributed by atoms with van der Waals surface area (Å²) in [5, 5.41) is 9.71. The van der Waals surface area contributed by atoms with Crippen LogP contribution in [-0.4, -0.2) is 24.0 Å². The van der Waals surface area contributed by atoms with E-state index >= 15 is 0 Å². The van der Waals surface area contributed by atoms with Gasteiger partial charge in [-0.3, -0.25) is 4.79 Å². The number of hydrogen-bond donors (Lipinski definition) is 1. The quantitative estimate of drug-likeness (QED) is 0.398. The summed E-state index contributed by atoms with van der Waals surface area (Å²) in [6, 6.07) is 4.26. The van der Waals surface area contributed by atoms with E-state index in [0.29, 0.717) is 5.02 Å². The van der Waals surface area contributed by atoms with Crippen molar-refractivity contribution in [3.8, 4) is 0 Å². The lowest BCUT2D eigenvalue weighted by atomic mass is 10.1. The van der Waals surface area contributed by atoms with E-state index in [2.05, 4.69) is 4.74 Å². The molecular formula is C11H8Cl2O4. The number of benzene rings is 1. The normalized spacial score (nSPS) is 11.1. The van der Waals surface area contributed by atoms with Gasteiger partial charge in [0.1, 0.15) is 0 Å². The van der Waals surface area contributed by atoms with Crippen LogP contribution in [0.5, 0.6) is 0 Å². The maximum atomic E-state index is 11.6. The fraction of sp³-hybridized carbons (Fsp3) is 0.0909. The van der Waals surface area contributed by atoms with E-state index in [4.69, 9.17) is 23.2 Å². The highest BCUT2D eigenvalue weighted by molar-refractivity contribution is 6.37. The fourth-order valence-electron chi connectivity index (χ4n) is 1.05. The zero-order valence-electron chi connectivity index (χ0n) is 8.74. The molecule has 0 atom stereocenters. The molecule has 0 unspecified atom stereocenters. The van der Waals surface area contributed by atoms with Gasteiger partial charge in [0, 0.05) is 16.7 Å². The van der Waals surface area contributed by atoms with E-state index in [1.807, 2.05) is 0 Å². The van der Waals surface area contributed by atoms with E-state index in [1.165, 1.54) is 18.2 Å². The zero-order chi connectivity index (χ0) is 13.0. The smallest absolute Gasteiger partial charge is 0.373 e. The summed E-state index contributed by atoms with van der Waals surface area (Å²) in [5.74, 6) is -2.40. The molecule has 17 heavy (non-hydrogen) atoms. The number of rotatable bonds is 3. The van der Waals surface area contributed by atoms with Gasteiger partial charge in [-0.1, -0.05) is 23.2 Å². The van der Waals surface area contributed by atoms with Gasteiger partial charge in [-0.25, -0.2) is 4.79 Å². The Morgan fingerprint density at radius 3 is 2.53 bits per heavy atom. The molecule has 0 aliphatic heterocycles. The number of esters is 1. The third-order valence-electron chi connectivity index (χ3n) is 1.86. The molecule has 0 bridgehead atoms. The zero-order valence-corrected chi connectivity index (χ0v) is 10.2. The Morgan fingerprint density at radius 2 is 2.00 bits per heavy atom. The SMILES string of the molecule is COC(=O)/C(O)=C/C(=O)c1ccc(Cl)cc1Cl. The molecule has 0 aliphatic carbocycles. The Morgan fingerprint density at radius 1 is 1.35 bits per heavy atom. The summed E-state index contributed by atoms with van der Waals surface area (Å²) in [7, 11) is 1.09. The molecule has 1 N–H and O–H groups in total. The van der Waals surface area contributed by atoms with Crippen molar-refractivity contribution in [1.82, 2.24) is 0 Å². The highest BCUT2D eigenvalue weighted by Crippen LogP contribution is 2.21. The molecule has 0 spiro atoms. The van der Waals surface area contributed by atoms with Gasteiger partial charge in [0.25, 0.3) is 0 Å². The molecule has 90 valence electrons. The summed E-state index contributed by atoms with van der Waals surface area (Å²) in [6.45, 7) is 0. The summed E-state index contributed by atoms with van der Waals surface area (Å²) in [4.78, 5) is 22.5. The van der Waals surface area contributed by atoms with E-state index in [0.717, 1.165) is 13.2 Å². The van der Waals surface area contributed by atoms with Crippen molar-refractivity contribution >= 4 is 35.0 Å². The van der Waals surface area contributed by atoms with Gasteiger partial charge in [-0.2, -0.15) is 0 Å². The topological polar surface area (TPSA) is 63.6 Å². The summed E-state index contributed by atoms with van der Waals surface area (Å²) in [5.41, 5.74) is 0.131. The molecule has 0 radical (unpaired) electrons. The van der Waals surface area contributed by atoms with Crippen molar-refractivity contribution in [3.63, 3.8) is 0 Å². The number of aliphatic hydroxyl groups excluding tert-OH is 1. The maximum absolute atomic E-state index is 11.6. The number of hydrogen-bond acceptors (Lipinski definition) is 4. The van der Waals surface area contributed by atoms with Crippen molar-refractivity contribution in [3.05, 3.63) is 45.6 Å². The summed E-state index contributed by atoms with van der Waals surface area (Å²) < 4.78 is 4.23. The number of methoxy groups -OCH3 is 1. The number of allylic oxidation sites excluding steroid dienone is 1. The van der Waals surface area contributed by atoms with Gasteiger partial charge in [-0.15, -0.1) is 0 Å². The minimum atomic E-state index is -0.997. The largest absolute Gasteiger partial charge is 0.502 e. The second kappa shape index (κ2) is 5.70. The molecule has 0 amide bonds. The second-order valence-corrected chi connectivity index (χ2v) is 3.85. The summed E-state index contributed by atoms with van der Waals surface area (Å²) >= 11 is 11.5. The lowest BCUT2D eigenvalue weighted by Gasteiger charge is -2.01. The number of ketones is 1. The van der Waals surface area contributed by atoms with Crippen LogP contribution in [0.15, 0.2) is 30.0 Å². The van der Waals surface area contributed by atoms with Gasteiger partial charge in [-0.05, 0) is 18.2 Å². The average molecular weight is 275 g/mol. The van der Waals surface area contributed by atoms with Gasteiger partial charge >= 0.3 is 5.97 Å². The van der Waals surface area contributed by atoms with Crippen LogP contribution in [-0.2, 0) is 9.53 Å². The molecular weight excluding hydrogens is 267 g/mol. The Bertz CT molecular complexity index is 494. The number of carbonyl (C=O) groups is 2. The van der Waals surface area contributed by atoms with Gasteiger partial charge in [0.05, 0.1) is 12.1 Å². The molecule has 1 aromatic carbocycles. The van der Waals surface area contributed by atoms with E-state index in [1.54, 1.807) is 0 Å². The molecule has 0 heterocycles. The Balaban J connectivity index is 3.02. The number of aliphatic hydroxyl groups is 1. The number of halogens is 2. The molecule has 0 aromatic heterocycles. The first-order valence-corrected chi connectivity index (χ1v) is 5.19. The van der Waals surface area contributed by atoms with Crippen LogP contribution in [0.1, 0.15) is 10.4 Å². The van der Waals surface area contributed by atoms with Gasteiger partial charge in [0.15, 0.2) is 5.78 Å². The third-order valence-corrected chi connectivity index (χ3v) is 2.41. The standard InChI is InChI=1S/C11H8Cl2O4/c1-17-11(16)10(15)5-9(14)7-3-2-6(12)4-8(7)13/h2-5,15H,1H3/b10-5-. The van der Waals surface area contributed by atoms with Crippen LogP contribution in [0.3, 0.4) is 0 Å². The van der Waals surface area contributed by atoms with Crippen LogP contribution >= 0.6 is 23.2 Å². The minimum absolute atomic E-state index is 0.131. The van der Waals surface area contributed by atoms with Gasteiger partial charge in [0.2, 0.25) is 5.76 Å². The van der Waals surface area contributed by atoms with Crippen molar-refractivity contribution < 1.29 is 19.4 Å². The highest BCUT2D eigenvalue weighted by Gasteiger charge is 2.13. The first-order chi connectivity index (χ1) is 7.95. The van der Waals surface area contributed by atoms with E-state index < -0.39 is 17.5 Å². The predicted octanol–water partition coefficient (Wildman–Crippen LogP) is 2.79. The molecule has 0 fully saturated rings. The van der Waals surface area contributed by atoms with Gasteiger partial charge < -0.3 is 9.84 Å². The van der Waals surface area contributed by atoms with Crippen LogP contribution in [0.4, 0.5) is 0 Å². The summed E-state index contributed by atoms with van der Waals surface area (Å²) in [6.07, 6.45) is 0.737. The third kappa shape index (κ3) is 3.47. The number of ether oxygens (including phenoxy) is 1. The lowest BCUT2D eigenvalue weighted by molar-refractivity contribution is -0.139. The van der Waals surface area contributed by atoms with Crippen LogP contribution in [0.2, 0.25) is 10.0 Å². The second-order valence-electron chi connectivity index (χ2n) is 3.01. The van der Waals surface area contributed by atoms with Crippen LogP contribution < -0.4 is 0 Å². The van der Waals surface area contributed by atoms with E-state index in [-0.39, 0.29) is 10.6 Å². The molecule has 1 aromatic rings.